The molecule has 557 valence electrons. The van der Waals surface area contributed by atoms with Gasteiger partial charge in [-0.05, 0) is 176 Å². The molecule has 0 aromatic rings. The van der Waals surface area contributed by atoms with Crippen LogP contribution in [0.25, 0.3) is 0 Å². The van der Waals surface area contributed by atoms with E-state index < -0.39 is 0 Å². The molecule has 0 saturated heterocycles. The van der Waals surface area contributed by atoms with Crippen LogP contribution < -0.4 is 51.4 Å². The van der Waals surface area contributed by atoms with Crippen molar-refractivity contribution in [2.75, 3.05) is 0 Å². The van der Waals surface area contributed by atoms with Gasteiger partial charge in [0.25, 0.3) is 0 Å². The molecular weight excluding hydrogens is 1320 g/mol. The van der Waals surface area contributed by atoms with Crippen LogP contribution in [-0.2, 0) is 0 Å². The topological polar surface area (TPSA) is 0 Å². The molecule has 0 aliphatic rings. The first-order valence-electron chi connectivity index (χ1n) is 34.9. The van der Waals surface area contributed by atoms with Gasteiger partial charge in [0.15, 0.2) is 0 Å². The molecule has 0 heterocycles. The third-order valence-electron chi connectivity index (χ3n) is 18.6. The van der Waals surface area contributed by atoms with Gasteiger partial charge >= 0.3 is 51.4 Å². The fourth-order valence-electron chi connectivity index (χ4n) is 12.8. The summed E-state index contributed by atoms with van der Waals surface area (Å²) >= 11 is 0. The number of hydrogen-bond acceptors (Lipinski definition) is 0. The first kappa shape index (κ1) is 135. The second-order valence-corrected chi connectivity index (χ2v) is 30.9. The van der Waals surface area contributed by atoms with E-state index in [1.165, 1.54) is 173 Å². The quantitative estimate of drug-likeness (QED) is 0.0324. The van der Waals surface area contributed by atoms with Crippen molar-refractivity contribution in [1.82, 2.24) is 0 Å². The smallest absolute Gasteiger partial charge is 1.00 e. The van der Waals surface area contributed by atoms with Crippen molar-refractivity contribution >= 4 is 56.4 Å². The van der Waals surface area contributed by atoms with E-state index in [-0.39, 0.29) is 178 Å². The average molecular weight is 1520 g/mol. The molecule has 0 spiro atoms. The number of unbranched alkanes of at least 4 members (excludes halogenated alkanes) is 1. The van der Waals surface area contributed by atoms with Crippen molar-refractivity contribution in [3.8, 4) is 0 Å². The molecule has 16 atom stereocenters. The zero-order chi connectivity index (χ0) is 58.6. The standard InChI is InChI=1S/C20H42.2C19H40.C17H36.8CH4.B.FH.2HI.K.3H2.H/c1-9-16(4)13-18(6)14-20(8)19(7)11-10-17(5)12-15(2)3;2*1-8-16(4)14-19(7)12-10-17(5)9-11-18(6)13-15(2)3;1-7-15(4)13-17(6)11-9-8-10-16(5)12-14(2)3;;;;;;;;;;;;;;;;;/h15-20H,9-14H2,1-8H3;2*15-19H,8-14H2,1-7H3;14-17H,7-13H2,1-6H3;8*1H4;;3*1H;;3*1H;/q;;;;;;;;;;;;;;;;+1;;;;-1/i;;;;;;;;;;;;;;;;;1+1;;;. The Morgan fingerprint density at radius 1 is 0.227 bits per heavy atom. The van der Waals surface area contributed by atoms with Gasteiger partial charge in [-0.25, -0.2) is 0 Å². The Bertz CT molecular complexity index is 1130. The van der Waals surface area contributed by atoms with Crippen LogP contribution in [0, 0.1) is 118 Å². The van der Waals surface area contributed by atoms with E-state index in [1.807, 2.05) is 0 Å². The van der Waals surface area contributed by atoms with Crippen molar-refractivity contribution in [1.29, 1.82) is 0 Å². The minimum absolute atomic E-state index is 0. The Hall–Kier alpha value is 3.09. The minimum atomic E-state index is 0. The van der Waals surface area contributed by atoms with E-state index >= 15 is 0 Å². The van der Waals surface area contributed by atoms with Crippen molar-refractivity contribution in [3.05, 3.63) is 0 Å². The molecule has 0 aliphatic heterocycles. The Morgan fingerprint density at radius 2 is 0.398 bits per heavy atom. The molecule has 0 aromatic carbocycles. The fraction of sp³-hybridized carbons (Fsp3) is 1.00. The summed E-state index contributed by atoms with van der Waals surface area (Å²) in [5, 5.41) is 0. The Labute approximate surface area is 656 Å². The maximum absolute atomic E-state index is 2.48. The van der Waals surface area contributed by atoms with E-state index in [0.717, 1.165) is 118 Å². The maximum atomic E-state index is 2.48. The Kier molecular flexibility index (Phi) is 135. The molecule has 0 aliphatic carbocycles. The summed E-state index contributed by atoms with van der Waals surface area (Å²) in [5.41, 5.74) is 0. The van der Waals surface area contributed by atoms with Crippen LogP contribution in [-0.4, -0.2) is 8.41 Å². The van der Waals surface area contributed by atoms with Gasteiger partial charge in [-0.15, -0.1) is 48.0 Å². The van der Waals surface area contributed by atoms with Crippen LogP contribution >= 0.6 is 48.0 Å². The third kappa shape index (κ3) is 100. The van der Waals surface area contributed by atoms with Crippen LogP contribution in [0.4, 0.5) is 4.70 Å². The van der Waals surface area contributed by atoms with Crippen LogP contribution in [0.2, 0.25) is 0 Å². The van der Waals surface area contributed by atoms with Gasteiger partial charge in [-0.1, -0.05) is 369 Å². The van der Waals surface area contributed by atoms with Gasteiger partial charge in [-0.3, -0.25) is 4.70 Å². The monoisotopic (exact) mass is 1520 g/mol. The molecule has 16 unspecified atom stereocenters. The van der Waals surface area contributed by atoms with Gasteiger partial charge < -0.3 is 1.43 Å². The number of rotatable bonds is 43. The second-order valence-electron chi connectivity index (χ2n) is 30.9. The summed E-state index contributed by atoms with van der Waals surface area (Å²) in [5.74, 6) is 18.1. The first-order valence-corrected chi connectivity index (χ1v) is 34.9. The molecule has 5 heteroatoms. The van der Waals surface area contributed by atoms with Gasteiger partial charge in [-0.2, -0.15) is 0 Å². The first-order chi connectivity index (χ1) is 34.9. The largest absolute Gasteiger partial charge is 1.00 e. The van der Waals surface area contributed by atoms with Gasteiger partial charge in [0.2, 0.25) is 0 Å². The number of hydrogen-bond donors (Lipinski definition) is 0. The Morgan fingerprint density at radius 3 is 0.614 bits per heavy atom. The van der Waals surface area contributed by atoms with E-state index in [0.29, 0.717) is 0 Å². The molecule has 88 heavy (non-hydrogen) atoms. The summed E-state index contributed by atoms with van der Waals surface area (Å²) in [6, 6.07) is 0. The van der Waals surface area contributed by atoms with Crippen molar-refractivity contribution in [2.24, 2.45) is 118 Å². The molecule has 0 nitrogen and oxygen atoms in total. The zero-order valence-electron chi connectivity index (χ0n) is 62.4. The Balaban J connectivity index is -0.0000000363. The van der Waals surface area contributed by atoms with Gasteiger partial charge in [0.05, 0.1) is 0 Å². The summed E-state index contributed by atoms with van der Waals surface area (Å²) < 4.78 is 0. The molecule has 0 N–H and O–H groups in total. The van der Waals surface area contributed by atoms with E-state index in [1.54, 1.807) is 0 Å². The average Bonchev–Trinajstić information content (AvgIpc) is 3.31. The van der Waals surface area contributed by atoms with Crippen molar-refractivity contribution in [3.63, 3.8) is 0 Å². The van der Waals surface area contributed by atoms with Crippen LogP contribution in [0.15, 0.2) is 0 Å². The van der Waals surface area contributed by atoms with Crippen LogP contribution in [0.1, 0.15) is 432 Å². The summed E-state index contributed by atoms with van der Waals surface area (Å²) in [6.07, 6.45) is 38.1. The van der Waals surface area contributed by atoms with Crippen LogP contribution in [0.3, 0.4) is 0 Å². The van der Waals surface area contributed by atoms with Gasteiger partial charge in [0.1, 0.15) is 0 Å². The van der Waals surface area contributed by atoms with Crippen LogP contribution in [0.5, 0.6) is 0 Å². The normalized spacial score (nSPS) is 15.7. The summed E-state index contributed by atoms with van der Waals surface area (Å²) in [4.78, 5) is 0. The molecule has 0 rings (SSSR count). The summed E-state index contributed by atoms with van der Waals surface area (Å²) in [6.45, 7) is 66.9. The van der Waals surface area contributed by atoms with E-state index in [2.05, 4.69) is 194 Å². The predicted molar refractivity (Wildman–Crippen MR) is 454 cm³/mol. The van der Waals surface area contributed by atoms with Gasteiger partial charge in [0, 0.05) is 12.7 Å². The molecule has 0 fully saturated rings. The second kappa shape index (κ2) is 88.1. The third-order valence-corrected chi connectivity index (χ3v) is 18.6. The molecule has 0 aromatic heterocycles. The molecule has 3 radical (unpaired) electrons. The SMILES string of the molecule is C.C.C.C.C.C.C.C.CCC(C)CC(C)CC(C)C(C)CCC(C)CC(C)C.CCC(C)CC(C)CCC(C)CCC(C)CC(C)C.CCC(C)CC(C)CCC(C)CCC(C)CC(C)C.CCC(C)CC(C)CCCCC(C)CC(C)C.F.I.I.[2HH].[B].[H-].[HH].[HH].[K+]. The molecule has 0 bridgehead atoms. The van der Waals surface area contributed by atoms with E-state index in [4.69, 9.17) is 0 Å². The van der Waals surface area contributed by atoms with Crippen molar-refractivity contribution < 1.29 is 61.8 Å². The molecule has 0 saturated carbocycles. The zero-order valence-corrected chi connectivity index (χ0v) is 69.2. The summed E-state index contributed by atoms with van der Waals surface area (Å²) in [7, 11) is 0. The molecule has 0 amide bonds. The maximum Gasteiger partial charge on any atom is 1.00 e. The number of halogens is 3. The molecular formula is C83H200BFI2K. The van der Waals surface area contributed by atoms with E-state index in [9.17, 15) is 0 Å². The minimum Gasteiger partial charge on any atom is -1.00 e. The predicted octanol–water partition coefficient (Wildman–Crippen LogP) is 31.3. The fourth-order valence-corrected chi connectivity index (χ4v) is 12.8. The van der Waals surface area contributed by atoms with Crippen molar-refractivity contribution in [2.45, 2.75) is 427 Å².